The monoisotopic (exact) mass is 397 g/mol. The zero-order chi connectivity index (χ0) is 19.3. The van der Waals surface area contributed by atoms with Crippen molar-refractivity contribution in [1.82, 2.24) is 4.57 Å². The Balaban J connectivity index is 1.80. The van der Waals surface area contributed by atoms with Crippen molar-refractivity contribution in [2.75, 3.05) is 0 Å². The first-order valence-electron chi connectivity index (χ1n) is 8.18. The maximum atomic E-state index is 12.7. The van der Waals surface area contributed by atoms with Gasteiger partial charge in [0.15, 0.2) is 4.80 Å². The number of hydrogen-bond acceptors (Lipinski definition) is 5. The number of aryl methyl sites for hydroxylation is 3. The van der Waals surface area contributed by atoms with E-state index in [1.165, 1.54) is 45.9 Å². The van der Waals surface area contributed by atoms with Crippen LogP contribution in [0.15, 0.2) is 41.4 Å². The number of thiazole rings is 1. The molecule has 27 heavy (non-hydrogen) atoms. The van der Waals surface area contributed by atoms with Gasteiger partial charge in [0.25, 0.3) is 11.6 Å². The van der Waals surface area contributed by atoms with Gasteiger partial charge in [-0.15, -0.1) is 11.3 Å². The van der Waals surface area contributed by atoms with Gasteiger partial charge < -0.3 is 4.57 Å². The molecule has 2 aromatic carbocycles. The first-order valence-corrected chi connectivity index (χ1v) is 9.81. The summed E-state index contributed by atoms with van der Waals surface area (Å²) >= 11 is 2.77. The predicted molar refractivity (Wildman–Crippen MR) is 109 cm³/mol. The molecule has 0 saturated carbocycles. The molecular formula is C19H15N3O3S2. The van der Waals surface area contributed by atoms with E-state index in [1.54, 1.807) is 12.1 Å². The number of nitro groups is 1. The van der Waals surface area contributed by atoms with E-state index in [0.717, 1.165) is 14.9 Å². The number of amides is 1. The molecule has 0 atom stereocenters. The van der Waals surface area contributed by atoms with Gasteiger partial charge in [0.05, 0.1) is 20.0 Å². The van der Waals surface area contributed by atoms with E-state index in [0.29, 0.717) is 15.1 Å². The second-order valence-corrected chi connectivity index (χ2v) is 8.40. The highest BCUT2D eigenvalue weighted by Gasteiger charge is 2.14. The van der Waals surface area contributed by atoms with Crippen molar-refractivity contribution in [3.8, 4) is 0 Å². The van der Waals surface area contributed by atoms with Crippen LogP contribution >= 0.6 is 22.7 Å². The molecule has 2 aromatic heterocycles. The molecule has 0 unspecified atom stereocenters. The molecule has 0 saturated heterocycles. The quantitative estimate of drug-likeness (QED) is 0.363. The van der Waals surface area contributed by atoms with E-state index in [1.807, 2.05) is 17.7 Å². The fourth-order valence-electron chi connectivity index (χ4n) is 3.03. The van der Waals surface area contributed by atoms with Crippen LogP contribution in [-0.4, -0.2) is 15.4 Å². The number of non-ortho nitro benzene ring substituents is 1. The number of benzene rings is 2. The van der Waals surface area contributed by atoms with Crippen LogP contribution in [0.4, 0.5) is 5.69 Å². The molecular weight excluding hydrogens is 382 g/mol. The van der Waals surface area contributed by atoms with Gasteiger partial charge >= 0.3 is 0 Å². The van der Waals surface area contributed by atoms with Gasteiger partial charge in [-0.1, -0.05) is 17.4 Å². The summed E-state index contributed by atoms with van der Waals surface area (Å²) in [6, 6.07) is 10.4. The Kier molecular flexibility index (Phi) is 4.16. The van der Waals surface area contributed by atoms with Crippen molar-refractivity contribution < 1.29 is 9.72 Å². The zero-order valence-corrected chi connectivity index (χ0v) is 16.5. The average Bonchev–Trinajstić information content (AvgIpc) is 3.19. The standard InChI is InChI=1S/C19H15N3O3S2/c1-10-4-6-15-17(11(10)2)21(3)19(27-15)20-18(23)16-9-12-8-13(22(24)25)5-7-14(12)26-16/h4-9H,1-3H3. The number of fused-ring (bicyclic) bond motifs is 2. The van der Waals surface area contributed by atoms with Crippen LogP contribution in [-0.2, 0) is 7.05 Å². The minimum Gasteiger partial charge on any atom is -0.319 e. The van der Waals surface area contributed by atoms with Crippen molar-refractivity contribution in [2.45, 2.75) is 13.8 Å². The normalized spacial score (nSPS) is 12.2. The SMILES string of the molecule is Cc1ccc2sc(=NC(=O)c3cc4cc([N+](=O)[O-])ccc4s3)n(C)c2c1C. The Labute approximate surface area is 162 Å². The summed E-state index contributed by atoms with van der Waals surface area (Å²) in [7, 11) is 1.91. The van der Waals surface area contributed by atoms with Crippen LogP contribution < -0.4 is 4.80 Å². The van der Waals surface area contributed by atoms with Crippen molar-refractivity contribution in [1.29, 1.82) is 0 Å². The zero-order valence-electron chi connectivity index (χ0n) is 14.8. The number of aromatic nitrogens is 1. The Hall–Kier alpha value is -2.84. The third-order valence-electron chi connectivity index (χ3n) is 4.61. The molecule has 4 rings (SSSR count). The Morgan fingerprint density at radius 2 is 1.85 bits per heavy atom. The molecule has 136 valence electrons. The molecule has 2 heterocycles. The van der Waals surface area contributed by atoms with Gasteiger partial charge in [-0.25, -0.2) is 0 Å². The second kappa shape index (κ2) is 6.40. The first kappa shape index (κ1) is 17.6. The van der Waals surface area contributed by atoms with Gasteiger partial charge in [0.2, 0.25) is 0 Å². The number of nitrogens with zero attached hydrogens (tertiary/aromatic N) is 3. The van der Waals surface area contributed by atoms with Crippen molar-refractivity contribution in [2.24, 2.45) is 12.0 Å². The minimum absolute atomic E-state index is 0.0120. The number of nitro benzene ring substituents is 1. The Bertz CT molecular complexity index is 1310. The highest BCUT2D eigenvalue weighted by atomic mass is 32.1. The summed E-state index contributed by atoms with van der Waals surface area (Å²) < 4.78 is 3.85. The highest BCUT2D eigenvalue weighted by Crippen LogP contribution is 2.29. The lowest BCUT2D eigenvalue weighted by molar-refractivity contribution is -0.384. The molecule has 4 aromatic rings. The van der Waals surface area contributed by atoms with Crippen LogP contribution in [0.25, 0.3) is 20.3 Å². The summed E-state index contributed by atoms with van der Waals surface area (Å²) in [5.74, 6) is -0.338. The molecule has 0 aliphatic heterocycles. The largest absolute Gasteiger partial charge is 0.319 e. The number of rotatable bonds is 2. The molecule has 1 amide bonds. The lowest BCUT2D eigenvalue weighted by Crippen LogP contribution is -2.13. The molecule has 6 nitrogen and oxygen atoms in total. The molecule has 0 radical (unpaired) electrons. The van der Waals surface area contributed by atoms with Crippen molar-refractivity contribution >= 4 is 54.6 Å². The first-order chi connectivity index (χ1) is 12.8. The molecule has 0 N–H and O–H groups in total. The number of carbonyl (C=O) groups excluding carboxylic acids is 1. The van der Waals surface area contributed by atoms with E-state index in [9.17, 15) is 14.9 Å². The molecule has 8 heteroatoms. The van der Waals surface area contributed by atoms with E-state index in [-0.39, 0.29) is 11.6 Å². The summed E-state index contributed by atoms with van der Waals surface area (Å²) in [5, 5.41) is 11.6. The fourth-order valence-corrected chi connectivity index (χ4v) is 5.03. The van der Waals surface area contributed by atoms with Crippen LogP contribution in [0, 0.1) is 24.0 Å². The van der Waals surface area contributed by atoms with Crippen LogP contribution in [0.3, 0.4) is 0 Å². The van der Waals surface area contributed by atoms with Crippen LogP contribution in [0.2, 0.25) is 0 Å². The summed E-state index contributed by atoms with van der Waals surface area (Å²) in [6.45, 7) is 4.12. The number of carbonyl (C=O) groups is 1. The van der Waals surface area contributed by atoms with Crippen LogP contribution in [0.5, 0.6) is 0 Å². The smallest absolute Gasteiger partial charge is 0.289 e. The molecule has 0 spiro atoms. The maximum absolute atomic E-state index is 12.7. The topological polar surface area (TPSA) is 77.5 Å². The lowest BCUT2D eigenvalue weighted by atomic mass is 10.1. The van der Waals surface area contributed by atoms with Gasteiger partial charge in [0, 0.05) is 29.3 Å². The van der Waals surface area contributed by atoms with Gasteiger partial charge in [-0.05, 0) is 43.2 Å². The van der Waals surface area contributed by atoms with E-state index in [2.05, 4.69) is 24.9 Å². The van der Waals surface area contributed by atoms with Crippen molar-refractivity contribution in [3.63, 3.8) is 0 Å². The number of hydrogen-bond donors (Lipinski definition) is 0. The molecule has 0 bridgehead atoms. The van der Waals surface area contributed by atoms with E-state index in [4.69, 9.17) is 0 Å². The predicted octanol–water partition coefficient (Wildman–Crippen LogP) is 4.72. The highest BCUT2D eigenvalue weighted by molar-refractivity contribution is 7.21. The van der Waals surface area contributed by atoms with Gasteiger partial charge in [0.1, 0.15) is 0 Å². The Morgan fingerprint density at radius 1 is 1.11 bits per heavy atom. The Morgan fingerprint density at radius 3 is 2.59 bits per heavy atom. The third-order valence-corrected chi connectivity index (χ3v) is 6.81. The minimum atomic E-state index is -0.440. The van der Waals surface area contributed by atoms with E-state index < -0.39 is 4.92 Å². The summed E-state index contributed by atoms with van der Waals surface area (Å²) in [5.41, 5.74) is 3.46. The van der Waals surface area contributed by atoms with Gasteiger partial charge in [-0.3, -0.25) is 14.9 Å². The van der Waals surface area contributed by atoms with E-state index >= 15 is 0 Å². The fraction of sp³-hybridized carbons (Fsp3) is 0.158. The van der Waals surface area contributed by atoms with Gasteiger partial charge in [-0.2, -0.15) is 4.99 Å². The lowest BCUT2D eigenvalue weighted by Gasteiger charge is -2.03. The molecule has 0 aliphatic carbocycles. The van der Waals surface area contributed by atoms with Crippen LogP contribution in [0.1, 0.15) is 20.8 Å². The third kappa shape index (κ3) is 2.96. The maximum Gasteiger partial charge on any atom is 0.289 e. The number of thiophene rings is 1. The summed E-state index contributed by atoms with van der Waals surface area (Å²) in [6.07, 6.45) is 0. The molecule has 0 fully saturated rings. The molecule has 0 aliphatic rings. The average molecular weight is 397 g/mol. The second-order valence-electron chi connectivity index (χ2n) is 6.30. The van der Waals surface area contributed by atoms with Crippen molar-refractivity contribution in [3.05, 3.63) is 67.3 Å². The summed E-state index contributed by atoms with van der Waals surface area (Å²) in [4.78, 5) is 28.6.